The molecule has 1 heterocycles. The second kappa shape index (κ2) is 5.98. The molecule has 0 bridgehead atoms. The van der Waals surface area contributed by atoms with Crippen molar-refractivity contribution in [3.05, 3.63) is 83.4 Å². The van der Waals surface area contributed by atoms with E-state index in [4.69, 9.17) is 11.6 Å². The van der Waals surface area contributed by atoms with E-state index in [0.717, 1.165) is 23.8 Å². The molecule has 1 aliphatic heterocycles. The number of nitrogens with one attached hydrogen (secondary N) is 1. The van der Waals surface area contributed by atoms with Crippen molar-refractivity contribution >= 4 is 23.0 Å². The van der Waals surface area contributed by atoms with Gasteiger partial charge in [0.1, 0.15) is 0 Å². The Balaban J connectivity index is 1.66. The highest BCUT2D eigenvalue weighted by atomic mass is 35.5. The summed E-state index contributed by atoms with van der Waals surface area (Å²) in [6.45, 7) is 1.74. The van der Waals surface area contributed by atoms with Crippen molar-refractivity contribution in [3.63, 3.8) is 0 Å². The summed E-state index contributed by atoms with van der Waals surface area (Å²) < 4.78 is 0. The largest absolute Gasteiger partial charge is 0.366 e. The standard InChI is InChI=1S/C20H17ClN2/c21-18-8-4-7-16(11-18)17-9-10-19-20(12-17)23(14-22-19)13-15-5-2-1-3-6-15/h1-12,22H,13-14H2. The van der Waals surface area contributed by atoms with Gasteiger partial charge >= 0.3 is 0 Å². The summed E-state index contributed by atoms with van der Waals surface area (Å²) in [5.41, 5.74) is 6.08. The molecule has 3 heteroatoms. The van der Waals surface area contributed by atoms with Crippen LogP contribution in [-0.4, -0.2) is 6.67 Å². The summed E-state index contributed by atoms with van der Waals surface area (Å²) in [5, 5.41) is 4.23. The predicted octanol–water partition coefficient (Wildman–Crippen LogP) is 5.40. The van der Waals surface area contributed by atoms with Crippen LogP contribution >= 0.6 is 11.6 Å². The van der Waals surface area contributed by atoms with Gasteiger partial charge in [0, 0.05) is 11.6 Å². The van der Waals surface area contributed by atoms with Crippen LogP contribution in [-0.2, 0) is 6.54 Å². The Hall–Kier alpha value is -2.45. The molecule has 0 amide bonds. The fourth-order valence-electron chi connectivity index (χ4n) is 3.00. The molecule has 0 saturated carbocycles. The van der Waals surface area contributed by atoms with E-state index >= 15 is 0 Å². The molecule has 0 radical (unpaired) electrons. The highest BCUT2D eigenvalue weighted by Crippen LogP contribution is 2.36. The van der Waals surface area contributed by atoms with Gasteiger partial charge < -0.3 is 10.2 Å². The highest BCUT2D eigenvalue weighted by molar-refractivity contribution is 6.30. The van der Waals surface area contributed by atoms with Crippen molar-refractivity contribution in [1.29, 1.82) is 0 Å². The number of halogens is 1. The van der Waals surface area contributed by atoms with Crippen LogP contribution in [0.25, 0.3) is 11.1 Å². The maximum Gasteiger partial charge on any atom is 0.0881 e. The number of hydrogen-bond acceptors (Lipinski definition) is 2. The van der Waals surface area contributed by atoms with Crippen LogP contribution in [0.4, 0.5) is 11.4 Å². The molecule has 1 aliphatic rings. The van der Waals surface area contributed by atoms with Crippen molar-refractivity contribution < 1.29 is 0 Å². The third kappa shape index (κ3) is 2.90. The Morgan fingerprint density at radius 2 is 1.70 bits per heavy atom. The summed E-state index contributed by atoms with van der Waals surface area (Å²) >= 11 is 6.13. The van der Waals surface area contributed by atoms with Crippen molar-refractivity contribution in [2.24, 2.45) is 0 Å². The molecule has 3 aromatic rings. The first kappa shape index (κ1) is 14.2. The molecule has 0 atom stereocenters. The Labute approximate surface area is 141 Å². The van der Waals surface area contributed by atoms with Crippen LogP contribution < -0.4 is 10.2 Å². The van der Waals surface area contributed by atoms with Gasteiger partial charge in [0.05, 0.1) is 18.0 Å². The van der Waals surface area contributed by atoms with Gasteiger partial charge in [-0.25, -0.2) is 0 Å². The van der Waals surface area contributed by atoms with Crippen LogP contribution in [0.15, 0.2) is 72.8 Å². The van der Waals surface area contributed by atoms with Gasteiger partial charge in [-0.1, -0.05) is 60.1 Å². The second-order valence-corrected chi connectivity index (χ2v) is 6.20. The van der Waals surface area contributed by atoms with E-state index in [-0.39, 0.29) is 0 Å². The summed E-state index contributed by atoms with van der Waals surface area (Å²) in [6, 6.07) is 25.1. The van der Waals surface area contributed by atoms with E-state index in [1.165, 1.54) is 22.5 Å². The zero-order chi connectivity index (χ0) is 15.6. The zero-order valence-electron chi connectivity index (χ0n) is 12.7. The molecule has 1 N–H and O–H groups in total. The van der Waals surface area contributed by atoms with Gasteiger partial charge in [-0.2, -0.15) is 0 Å². The molecule has 23 heavy (non-hydrogen) atoms. The average molecular weight is 321 g/mol. The van der Waals surface area contributed by atoms with E-state index in [2.05, 4.69) is 64.8 Å². The first-order chi connectivity index (χ1) is 11.3. The summed E-state index contributed by atoms with van der Waals surface area (Å²) in [4.78, 5) is 2.36. The molecule has 0 aromatic heterocycles. The van der Waals surface area contributed by atoms with Gasteiger partial charge in [-0.3, -0.25) is 0 Å². The maximum atomic E-state index is 6.13. The maximum absolute atomic E-state index is 6.13. The fourth-order valence-corrected chi connectivity index (χ4v) is 3.19. The molecular formula is C20H17ClN2. The average Bonchev–Trinajstić information content (AvgIpc) is 2.98. The number of fused-ring (bicyclic) bond motifs is 1. The van der Waals surface area contributed by atoms with Crippen LogP contribution in [0, 0.1) is 0 Å². The minimum atomic E-state index is 0.766. The first-order valence-electron chi connectivity index (χ1n) is 7.72. The second-order valence-electron chi connectivity index (χ2n) is 5.76. The van der Waals surface area contributed by atoms with E-state index in [1.54, 1.807) is 0 Å². The zero-order valence-corrected chi connectivity index (χ0v) is 13.4. The molecule has 0 unspecified atom stereocenters. The number of nitrogens with zero attached hydrogens (tertiary/aromatic N) is 1. The minimum absolute atomic E-state index is 0.766. The summed E-state index contributed by atoms with van der Waals surface area (Å²) in [6.07, 6.45) is 0. The normalized spacial score (nSPS) is 12.8. The van der Waals surface area contributed by atoms with Gasteiger partial charge in [0.15, 0.2) is 0 Å². The lowest BCUT2D eigenvalue weighted by atomic mass is 10.0. The summed E-state index contributed by atoms with van der Waals surface area (Å²) in [5.74, 6) is 0. The van der Waals surface area contributed by atoms with Crippen LogP contribution in [0.3, 0.4) is 0 Å². The fraction of sp³-hybridized carbons (Fsp3) is 0.100. The lowest BCUT2D eigenvalue weighted by Crippen LogP contribution is -2.21. The Kier molecular flexibility index (Phi) is 3.68. The van der Waals surface area contributed by atoms with E-state index in [1.807, 2.05) is 18.2 Å². The van der Waals surface area contributed by atoms with Crippen molar-refractivity contribution in [2.45, 2.75) is 6.54 Å². The molecular weight excluding hydrogens is 304 g/mol. The van der Waals surface area contributed by atoms with Gasteiger partial charge in [0.2, 0.25) is 0 Å². The molecule has 4 rings (SSSR count). The monoisotopic (exact) mass is 320 g/mol. The topological polar surface area (TPSA) is 15.3 Å². The van der Waals surface area contributed by atoms with Gasteiger partial charge in [0.25, 0.3) is 0 Å². The smallest absolute Gasteiger partial charge is 0.0881 e. The van der Waals surface area contributed by atoms with Crippen molar-refractivity contribution in [1.82, 2.24) is 0 Å². The molecule has 114 valence electrons. The number of hydrogen-bond donors (Lipinski definition) is 1. The number of anilines is 2. The Morgan fingerprint density at radius 3 is 2.52 bits per heavy atom. The lowest BCUT2D eigenvalue weighted by Gasteiger charge is -2.18. The predicted molar refractivity (Wildman–Crippen MR) is 98.0 cm³/mol. The van der Waals surface area contributed by atoms with Gasteiger partial charge in [-0.05, 0) is 41.0 Å². The van der Waals surface area contributed by atoms with Crippen molar-refractivity contribution in [3.8, 4) is 11.1 Å². The van der Waals surface area contributed by atoms with E-state index < -0.39 is 0 Å². The number of rotatable bonds is 3. The lowest BCUT2D eigenvalue weighted by molar-refractivity contribution is 0.872. The van der Waals surface area contributed by atoms with Crippen LogP contribution in [0.5, 0.6) is 0 Å². The third-order valence-electron chi connectivity index (χ3n) is 4.17. The van der Waals surface area contributed by atoms with Crippen LogP contribution in [0.1, 0.15) is 5.56 Å². The SMILES string of the molecule is Clc1cccc(-c2ccc3c(c2)N(Cc2ccccc2)CN3)c1. The Morgan fingerprint density at radius 1 is 0.870 bits per heavy atom. The van der Waals surface area contributed by atoms with Gasteiger partial charge in [-0.15, -0.1) is 0 Å². The first-order valence-corrected chi connectivity index (χ1v) is 8.10. The van der Waals surface area contributed by atoms with E-state index in [9.17, 15) is 0 Å². The third-order valence-corrected chi connectivity index (χ3v) is 4.41. The molecule has 0 fully saturated rings. The van der Waals surface area contributed by atoms with Crippen molar-refractivity contribution in [2.75, 3.05) is 16.9 Å². The summed E-state index contributed by atoms with van der Waals surface area (Å²) in [7, 11) is 0. The molecule has 3 aromatic carbocycles. The minimum Gasteiger partial charge on any atom is -0.366 e. The van der Waals surface area contributed by atoms with E-state index in [0.29, 0.717) is 0 Å². The molecule has 2 nitrogen and oxygen atoms in total. The highest BCUT2D eigenvalue weighted by Gasteiger charge is 2.19. The molecule has 0 saturated heterocycles. The molecule has 0 aliphatic carbocycles. The number of benzene rings is 3. The molecule has 0 spiro atoms. The van der Waals surface area contributed by atoms with Crippen LogP contribution in [0.2, 0.25) is 5.02 Å². The Bertz CT molecular complexity index is 830. The quantitative estimate of drug-likeness (QED) is 0.695.